The van der Waals surface area contributed by atoms with Crippen molar-refractivity contribution in [2.75, 3.05) is 5.32 Å². The summed E-state index contributed by atoms with van der Waals surface area (Å²) in [7, 11) is 0. The van der Waals surface area contributed by atoms with Gasteiger partial charge in [-0.15, -0.1) is 0 Å². The van der Waals surface area contributed by atoms with Crippen molar-refractivity contribution in [2.45, 2.75) is 13.3 Å². The summed E-state index contributed by atoms with van der Waals surface area (Å²) < 4.78 is 1.38. The van der Waals surface area contributed by atoms with Gasteiger partial charge in [-0.3, -0.25) is 14.7 Å². The molecule has 0 spiro atoms. The first-order valence-electron chi connectivity index (χ1n) is 5.38. The Labute approximate surface area is 98.1 Å². The maximum Gasteiger partial charge on any atom is 0.273 e. The van der Waals surface area contributed by atoms with Crippen molar-refractivity contribution in [3.63, 3.8) is 0 Å². The van der Waals surface area contributed by atoms with Gasteiger partial charge >= 0.3 is 0 Å². The third kappa shape index (κ3) is 2.44. The Morgan fingerprint density at radius 3 is 2.71 bits per heavy atom. The van der Waals surface area contributed by atoms with E-state index in [2.05, 4.69) is 10.4 Å². The predicted molar refractivity (Wildman–Crippen MR) is 65.3 cm³/mol. The molecule has 1 heterocycles. The molecule has 0 aliphatic heterocycles. The largest absolute Gasteiger partial charge is 0.311 e. The van der Waals surface area contributed by atoms with E-state index in [1.807, 2.05) is 30.3 Å². The van der Waals surface area contributed by atoms with Gasteiger partial charge < -0.3 is 5.32 Å². The number of carbonyl (C=O) groups is 1. The molecule has 2 N–H and O–H groups in total. The van der Waals surface area contributed by atoms with Gasteiger partial charge in [-0.1, -0.05) is 25.1 Å². The van der Waals surface area contributed by atoms with Crippen molar-refractivity contribution in [1.82, 2.24) is 9.78 Å². The fraction of sp³-hybridized carbons (Fsp3) is 0.167. The summed E-state index contributed by atoms with van der Waals surface area (Å²) in [5, 5.41) is 5.44. The maximum absolute atomic E-state index is 11.7. The molecule has 5 nitrogen and oxygen atoms in total. The summed E-state index contributed by atoms with van der Waals surface area (Å²) in [5.41, 5.74) is 0.525. The number of nitrogens with zero attached hydrogens (tertiary/aromatic N) is 1. The standard InChI is InChI=1S/C12H13N3O2/c1-2-11(16)13-10-8-12(17)15(14-10)9-6-4-3-5-7-9/h3-8,14H,2H2,1H3,(H,13,16). The minimum Gasteiger partial charge on any atom is -0.311 e. The van der Waals surface area contributed by atoms with E-state index in [0.717, 1.165) is 5.69 Å². The Hall–Kier alpha value is -2.30. The van der Waals surface area contributed by atoms with Crippen molar-refractivity contribution in [3.05, 3.63) is 46.8 Å². The summed E-state index contributed by atoms with van der Waals surface area (Å²) in [6.45, 7) is 1.75. The van der Waals surface area contributed by atoms with Crippen molar-refractivity contribution >= 4 is 11.7 Å². The van der Waals surface area contributed by atoms with Crippen molar-refractivity contribution in [1.29, 1.82) is 0 Å². The molecule has 2 rings (SSSR count). The van der Waals surface area contributed by atoms with Crippen LogP contribution < -0.4 is 10.9 Å². The Bertz CT molecular complexity index is 569. The van der Waals surface area contributed by atoms with Gasteiger partial charge in [-0.25, -0.2) is 4.68 Å². The Kier molecular flexibility index (Phi) is 3.09. The van der Waals surface area contributed by atoms with E-state index < -0.39 is 0 Å². The monoisotopic (exact) mass is 231 g/mol. The molecule has 88 valence electrons. The van der Waals surface area contributed by atoms with Crippen LogP contribution in [-0.4, -0.2) is 15.7 Å². The molecule has 5 heteroatoms. The normalized spacial score (nSPS) is 10.2. The highest BCUT2D eigenvalue weighted by atomic mass is 16.2. The second kappa shape index (κ2) is 4.69. The van der Waals surface area contributed by atoms with E-state index in [0.29, 0.717) is 12.2 Å². The van der Waals surface area contributed by atoms with Gasteiger partial charge in [0.25, 0.3) is 5.56 Å². The van der Waals surface area contributed by atoms with Gasteiger partial charge in [0.1, 0.15) is 5.82 Å². The molecule has 0 unspecified atom stereocenters. The molecule has 1 amide bonds. The first kappa shape index (κ1) is 11.2. The molecule has 2 aromatic rings. The quantitative estimate of drug-likeness (QED) is 0.840. The summed E-state index contributed by atoms with van der Waals surface area (Å²) in [4.78, 5) is 22.9. The summed E-state index contributed by atoms with van der Waals surface area (Å²) in [5.74, 6) is 0.275. The smallest absolute Gasteiger partial charge is 0.273 e. The van der Waals surface area contributed by atoms with E-state index in [4.69, 9.17) is 0 Å². The first-order valence-corrected chi connectivity index (χ1v) is 5.38. The highest BCUT2D eigenvalue weighted by Gasteiger charge is 2.06. The van der Waals surface area contributed by atoms with E-state index in [9.17, 15) is 9.59 Å². The number of H-pyrrole nitrogens is 1. The second-order valence-corrected chi connectivity index (χ2v) is 3.58. The first-order chi connectivity index (χ1) is 8.20. The number of carbonyl (C=O) groups excluding carboxylic acids is 1. The predicted octanol–water partition coefficient (Wildman–Crippen LogP) is 1.51. The van der Waals surface area contributed by atoms with Gasteiger partial charge in [0.15, 0.2) is 0 Å². The van der Waals surface area contributed by atoms with Gasteiger partial charge in [0, 0.05) is 12.5 Å². The van der Waals surface area contributed by atoms with Gasteiger partial charge in [-0.2, -0.15) is 0 Å². The molecule has 0 saturated carbocycles. The van der Waals surface area contributed by atoms with Crippen LogP contribution in [-0.2, 0) is 4.79 Å². The molecule has 0 fully saturated rings. The molecule has 0 atom stereocenters. The number of aromatic nitrogens is 2. The fourth-order valence-corrected chi connectivity index (χ4v) is 1.47. The van der Waals surface area contributed by atoms with Crippen LogP contribution in [0.3, 0.4) is 0 Å². The molecule has 1 aromatic carbocycles. The van der Waals surface area contributed by atoms with E-state index >= 15 is 0 Å². The van der Waals surface area contributed by atoms with Gasteiger partial charge in [-0.05, 0) is 12.1 Å². The topological polar surface area (TPSA) is 66.9 Å². The van der Waals surface area contributed by atoms with Crippen LogP contribution in [0.15, 0.2) is 41.2 Å². The van der Waals surface area contributed by atoms with Crippen LogP contribution >= 0.6 is 0 Å². The molecule has 0 bridgehead atoms. The number of hydrogen-bond donors (Lipinski definition) is 2. The number of anilines is 1. The Morgan fingerprint density at radius 2 is 2.06 bits per heavy atom. The zero-order valence-corrected chi connectivity index (χ0v) is 9.43. The van der Waals surface area contributed by atoms with Crippen molar-refractivity contribution in [3.8, 4) is 5.69 Å². The number of amides is 1. The number of aromatic amines is 1. The Morgan fingerprint density at radius 1 is 1.35 bits per heavy atom. The average Bonchev–Trinajstić information content (AvgIpc) is 2.71. The average molecular weight is 231 g/mol. The number of benzene rings is 1. The molecular formula is C12H13N3O2. The van der Waals surface area contributed by atoms with E-state index in [-0.39, 0.29) is 11.5 Å². The van der Waals surface area contributed by atoms with E-state index in [1.165, 1.54) is 10.7 Å². The molecule has 1 aromatic heterocycles. The molecular weight excluding hydrogens is 218 g/mol. The van der Waals surface area contributed by atoms with Crippen LogP contribution in [0.4, 0.5) is 5.82 Å². The van der Waals surface area contributed by atoms with Crippen molar-refractivity contribution < 1.29 is 4.79 Å². The number of para-hydroxylation sites is 1. The third-order valence-electron chi connectivity index (χ3n) is 2.33. The SMILES string of the molecule is CCC(=O)Nc1cc(=O)n(-c2ccccc2)[nH]1. The van der Waals surface area contributed by atoms with Crippen LogP contribution in [0, 0.1) is 0 Å². The van der Waals surface area contributed by atoms with Crippen LogP contribution in [0.2, 0.25) is 0 Å². The number of rotatable bonds is 3. The lowest BCUT2D eigenvalue weighted by Gasteiger charge is -2.02. The lowest BCUT2D eigenvalue weighted by Crippen LogP contribution is -2.13. The molecule has 0 aliphatic carbocycles. The number of nitrogens with one attached hydrogen (secondary N) is 2. The van der Waals surface area contributed by atoms with Gasteiger partial charge in [0.2, 0.25) is 5.91 Å². The minimum atomic E-state index is -0.206. The summed E-state index contributed by atoms with van der Waals surface area (Å²) >= 11 is 0. The third-order valence-corrected chi connectivity index (χ3v) is 2.33. The number of hydrogen-bond acceptors (Lipinski definition) is 2. The fourth-order valence-electron chi connectivity index (χ4n) is 1.47. The summed E-state index contributed by atoms with van der Waals surface area (Å²) in [6, 6.07) is 10.5. The lowest BCUT2D eigenvalue weighted by atomic mass is 10.3. The molecule has 0 radical (unpaired) electrons. The molecule has 17 heavy (non-hydrogen) atoms. The minimum absolute atomic E-state index is 0.133. The molecule has 0 aliphatic rings. The van der Waals surface area contributed by atoms with E-state index in [1.54, 1.807) is 6.92 Å². The van der Waals surface area contributed by atoms with Crippen LogP contribution in [0.1, 0.15) is 13.3 Å². The summed E-state index contributed by atoms with van der Waals surface area (Å²) in [6.07, 6.45) is 0.374. The zero-order chi connectivity index (χ0) is 12.3. The lowest BCUT2D eigenvalue weighted by molar-refractivity contribution is -0.115. The second-order valence-electron chi connectivity index (χ2n) is 3.58. The van der Waals surface area contributed by atoms with Crippen molar-refractivity contribution in [2.24, 2.45) is 0 Å². The highest BCUT2D eigenvalue weighted by molar-refractivity contribution is 5.89. The Balaban J connectivity index is 2.32. The zero-order valence-electron chi connectivity index (χ0n) is 9.43. The van der Waals surface area contributed by atoms with Crippen LogP contribution in [0.25, 0.3) is 5.69 Å². The van der Waals surface area contributed by atoms with Gasteiger partial charge in [0.05, 0.1) is 5.69 Å². The van der Waals surface area contributed by atoms with Crippen LogP contribution in [0.5, 0.6) is 0 Å². The highest BCUT2D eigenvalue weighted by Crippen LogP contribution is 2.06. The maximum atomic E-state index is 11.7. The molecule has 0 saturated heterocycles.